The number of thioether (sulfide) groups is 1. The highest BCUT2D eigenvalue weighted by Crippen LogP contribution is 2.29. The second-order valence-corrected chi connectivity index (χ2v) is 6.99. The number of halogens is 1. The van der Waals surface area contributed by atoms with Crippen LogP contribution >= 0.6 is 27.7 Å². The zero-order chi connectivity index (χ0) is 14.7. The predicted molar refractivity (Wildman–Crippen MR) is 92.9 cm³/mol. The van der Waals surface area contributed by atoms with Crippen LogP contribution in [0.2, 0.25) is 0 Å². The topological polar surface area (TPSA) is 39.7 Å². The summed E-state index contributed by atoms with van der Waals surface area (Å²) in [5, 5.41) is 0. The van der Waals surface area contributed by atoms with Gasteiger partial charge in [-0.3, -0.25) is 0 Å². The number of allylic oxidation sites excluding steroid dienone is 1. The van der Waals surface area contributed by atoms with Crippen LogP contribution in [-0.4, -0.2) is 25.4 Å². The lowest BCUT2D eigenvalue weighted by Crippen LogP contribution is -2.32. The quantitative estimate of drug-likeness (QED) is 0.868. The van der Waals surface area contributed by atoms with Crippen molar-refractivity contribution >= 4 is 45.3 Å². The first-order valence-electron chi connectivity index (χ1n) is 6.33. The molecular formula is C14H19BrN4S. The lowest BCUT2D eigenvalue weighted by molar-refractivity contribution is 0.689. The maximum atomic E-state index is 4.43. The zero-order valence-electron chi connectivity index (χ0n) is 12.1. The van der Waals surface area contributed by atoms with Crippen LogP contribution in [0.25, 0.3) is 6.08 Å². The minimum atomic E-state index is 0.0516. The van der Waals surface area contributed by atoms with E-state index in [2.05, 4.69) is 67.9 Å². The lowest BCUT2D eigenvalue weighted by Gasteiger charge is -2.15. The first-order chi connectivity index (χ1) is 9.45. The van der Waals surface area contributed by atoms with E-state index >= 15 is 0 Å². The zero-order valence-corrected chi connectivity index (χ0v) is 14.5. The molecule has 1 aliphatic rings. The maximum absolute atomic E-state index is 4.43. The van der Waals surface area contributed by atoms with E-state index in [1.165, 1.54) is 16.2 Å². The number of aliphatic imine (C=N–C) groups is 1. The Morgan fingerprint density at radius 2 is 2.20 bits per heavy atom. The molecule has 20 heavy (non-hydrogen) atoms. The van der Waals surface area contributed by atoms with Crippen LogP contribution < -0.4 is 15.8 Å². The summed E-state index contributed by atoms with van der Waals surface area (Å²) < 4.78 is 1.10. The molecule has 0 saturated heterocycles. The highest BCUT2D eigenvalue weighted by molar-refractivity contribution is 9.10. The van der Waals surface area contributed by atoms with E-state index < -0.39 is 0 Å². The van der Waals surface area contributed by atoms with Gasteiger partial charge in [-0.25, -0.2) is 10.4 Å². The molecule has 0 bridgehead atoms. The largest absolute Gasteiger partial charge is 0.377 e. The number of nitrogens with zero attached hydrogens (tertiary/aromatic N) is 2. The molecule has 1 atom stereocenters. The number of rotatable bonds is 4. The number of nitrogens with one attached hydrogen (secondary N) is 2. The van der Waals surface area contributed by atoms with Crippen molar-refractivity contribution in [1.29, 1.82) is 0 Å². The number of hydrogen-bond donors (Lipinski definition) is 2. The van der Waals surface area contributed by atoms with E-state index in [0.29, 0.717) is 0 Å². The lowest BCUT2D eigenvalue weighted by atomic mass is 10.2. The fraction of sp³-hybridized carbons (Fsp3) is 0.357. The van der Waals surface area contributed by atoms with E-state index in [-0.39, 0.29) is 5.50 Å². The predicted octanol–water partition coefficient (Wildman–Crippen LogP) is 3.42. The summed E-state index contributed by atoms with van der Waals surface area (Å²) in [5.41, 5.74) is 8.52. The van der Waals surface area contributed by atoms with E-state index in [4.69, 9.17) is 0 Å². The first-order valence-corrected chi connectivity index (χ1v) is 8.01. The summed E-state index contributed by atoms with van der Waals surface area (Å²) in [5.74, 6) is 0.924. The second kappa shape index (κ2) is 6.65. The third-order valence-corrected chi connectivity index (χ3v) is 4.38. The number of hydrazine groups is 1. The molecule has 0 fully saturated rings. The second-order valence-electron chi connectivity index (χ2n) is 4.81. The molecule has 108 valence electrons. The number of benzene rings is 1. The Morgan fingerprint density at radius 3 is 2.75 bits per heavy atom. The third-order valence-electron chi connectivity index (χ3n) is 2.81. The fourth-order valence-electron chi connectivity index (χ4n) is 1.88. The maximum Gasteiger partial charge on any atom is 0.169 e. The van der Waals surface area contributed by atoms with Gasteiger partial charge in [0.25, 0.3) is 0 Å². The van der Waals surface area contributed by atoms with Crippen LogP contribution in [0.4, 0.5) is 5.69 Å². The van der Waals surface area contributed by atoms with Crippen molar-refractivity contribution in [3.8, 4) is 0 Å². The molecule has 6 heteroatoms. The molecule has 1 unspecified atom stereocenters. The van der Waals surface area contributed by atoms with Gasteiger partial charge in [-0.2, -0.15) is 0 Å². The van der Waals surface area contributed by atoms with Crippen LogP contribution in [0.5, 0.6) is 0 Å². The molecule has 0 aliphatic carbocycles. The van der Waals surface area contributed by atoms with Crippen LogP contribution in [0.3, 0.4) is 0 Å². The molecular weight excluding hydrogens is 336 g/mol. The minimum absolute atomic E-state index is 0.0516. The van der Waals surface area contributed by atoms with Gasteiger partial charge in [-0.15, -0.1) is 0 Å². The van der Waals surface area contributed by atoms with Crippen LogP contribution in [0, 0.1) is 0 Å². The fourth-order valence-corrected chi connectivity index (χ4v) is 3.52. The molecule has 1 aliphatic heterocycles. The van der Waals surface area contributed by atoms with Gasteiger partial charge in [0, 0.05) is 18.6 Å². The highest BCUT2D eigenvalue weighted by Gasteiger charge is 2.13. The van der Waals surface area contributed by atoms with Gasteiger partial charge in [0.15, 0.2) is 5.50 Å². The molecule has 1 aromatic carbocycles. The monoisotopic (exact) mass is 354 g/mol. The molecule has 2 N–H and O–H groups in total. The van der Waals surface area contributed by atoms with Gasteiger partial charge in [-0.1, -0.05) is 17.8 Å². The van der Waals surface area contributed by atoms with Crippen molar-refractivity contribution in [3.63, 3.8) is 0 Å². The normalized spacial score (nSPS) is 18.8. The van der Waals surface area contributed by atoms with Crippen molar-refractivity contribution in [2.45, 2.75) is 19.3 Å². The van der Waals surface area contributed by atoms with Crippen molar-refractivity contribution in [1.82, 2.24) is 10.9 Å². The van der Waals surface area contributed by atoms with Crippen LogP contribution in [0.1, 0.15) is 19.4 Å². The van der Waals surface area contributed by atoms with Gasteiger partial charge in [0.05, 0.1) is 5.69 Å². The Morgan fingerprint density at radius 1 is 1.45 bits per heavy atom. The Kier molecular flexibility index (Phi) is 5.12. The minimum Gasteiger partial charge on any atom is -0.377 e. The van der Waals surface area contributed by atoms with Crippen molar-refractivity contribution in [3.05, 3.63) is 33.1 Å². The molecule has 0 radical (unpaired) electrons. The highest BCUT2D eigenvalue weighted by atomic mass is 79.9. The molecule has 0 aromatic heterocycles. The Bertz CT molecular complexity index is 554. The molecule has 2 rings (SSSR count). The van der Waals surface area contributed by atoms with Crippen molar-refractivity contribution in [2.24, 2.45) is 4.99 Å². The van der Waals surface area contributed by atoms with E-state index in [1.54, 1.807) is 11.8 Å². The first kappa shape index (κ1) is 15.4. The van der Waals surface area contributed by atoms with Crippen molar-refractivity contribution in [2.75, 3.05) is 19.0 Å². The van der Waals surface area contributed by atoms with E-state index in [9.17, 15) is 0 Å². The smallest absolute Gasteiger partial charge is 0.169 e. The molecule has 4 nitrogen and oxygen atoms in total. The van der Waals surface area contributed by atoms with Crippen LogP contribution in [0.15, 0.2) is 32.6 Å². The summed E-state index contributed by atoms with van der Waals surface area (Å²) in [6.07, 6.45) is 2.17. The van der Waals surface area contributed by atoms with Gasteiger partial charge >= 0.3 is 0 Å². The van der Waals surface area contributed by atoms with Gasteiger partial charge in [-0.05, 0) is 58.5 Å². The summed E-state index contributed by atoms with van der Waals surface area (Å²) in [6.45, 7) is 4.05. The Labute approximate surface area is 132 Å². The van der Waals surface area contributed by atoms with E-state index in [0.717, 1.165) is 10.3 Å². The summed E-state index contributed by atoms with van der Waals surface area (Å²) >= 11 is 5.31. The third kappa shape index (κ3) is 4.01. The molecule has 0 amide bonds. The standard InChI is InChI=1S/C14H19BrN4S/c1-9(20-14-16-10(2)17-18-14)7-11-5-6-13(19(3)4)12(15)8-11/h5-8,14,18H,1-4H3,(H,16,17)/b9-7+. The van der Waals surface area contributed by atoms with Crippen LogP contribution in [-0.2, 0) is 0 Å². The van der Waals surface area contributed by atoms with Crippen molar-refractivity contribution < 1.29 is 0 Å². The average molecular weight is 355 g/mol. The summed E-state index contributed by atoms with van der Waals surface area (Å²) in [7, 11) is 4.08. The van der Waals surface area contributed by atoms with Gasteiger partial charge in [0.2, 0.25) is 0 Å². The molecule has 1 heterocycles. The number of amidine groups is 1. The molecule has 0 spiro atoms. The number of hydrogen-bond acceptors (Lipinski definition) is 5. The molecule has 0 saturated carbocycles. The number of anilines is 1. The summed E-state index contributed by atoms with van der Waals surface area (Å²) in [4.78, 5) is 7.73. The van der Waals surface area contributed by atoms with E-state index in [1.807, 2.05) is 21.0 Å². The Balaban J connectivity index is 2.08. The SMILES string of the molecule is CC1=NC(S/C(C)=C/c2ccc(N(C)C)c(Br)c2)NN1. The van der Waals surface area contributed by atoms with Gasteiger partial charge in [0.1, 0.15) is 5.84 Å². The summed E-state index contributed by atoms with van der Waals surface area (Å²) in [6, 6.07) is 6.37. The van der Waals surface area contributed by atoms with Gasteiger partial charge < -0.3 is 10.3 Å². The molecule has 1 aromatic rings. The average Bonchev–Trinajstić information content (AvgIpc) is 2.74. The Hall–Kier alpha value is -0.980.